The summed E-state index contributed by atoms with van der Waals surface area (Å²) in [5, 5.41) is 0. The van der Waals surface area contributed by atoms with E-state index in [9.17, 15) is 0 Å². The van der Waals surface area contributed by atoms with Crippen molar-refractivity contribution in [1.82, 2.24) is 0 Å². The van der Waals surface area contributed by atoms with Crippen molar-refractivity contribution >= 4 is 1360 Å². The summed E-state index contributed by atoms with van der Waals surface area (Å²) in [6, 6.07) is 0. The molecule has 0 aromatic rings. The Morgan fingerprint density at radius 1 is 0.0874 bits per heavy atom. The number of rotatable bonds is 50. The molecule has 0 saturated carbocycles. The van der Waals surface area contributed by atoms with Gasteiger partial charge in [0.1, 0.15) is 0 Å². The number of hydrogen-bond donors (Lipinski definition) is 0. The molecule has 0 radical (unpaired) electrons. The molecular formula is I103-. The Balaban J connectivity index is 5.91. The molecule has 0 unspecified atom stereocenters. The summed E-state index contributed by atoms with van der Waals surface area (Å²) in [5.41, 5.74) is 0. The van der Waals surface area contributed by atoms with Crippen LogP contribution in [0.4, 0.5) is 0 Å². The molecule has 0 aliphatic heterocycles. The van der Waals surface area contributed by atoms with Crippen LogP contribution in [0.3, 0.4) is 0 Å². The average molecular weight is 13100 g/mol. The summed E-state index contributed by atoms with van der Waals surface area (Å²) in [6.07, 6.45) is 0. The Morgan fingerprint density at radius 2 is 0.146 bits per heavy atom. The van der Waals surface area contributed by atoms with Crippen molar-refractivity contribution < 1.29 is 13.3 Å². The normalized spacial score (nSPS) is 19.1. The van der Waals surface area contributed by atoms with Gasteiger partial charge in [0.15, 0.2) is 0 Å². The Labute approximate surface area is 1290 Å². The molecule has 0 N–H and O–H groups in total. The molecule has 722 valence electrons. The van der Waals surface area contributed by atoms with Crippen LogP contribution in [0.5, 0.6) is 0 Å². The van der Waals surface area contributed by atoms with Gasteiger partial charge in [-0.2, -0.15) is 0 Å². The van der Waals surface area contributed by atoms with Gasteiger partial charge in [-0.15, -0.1) is 0 Å². The topological polar surface area (TPSA) is 0 Å². The molecule has 0 rings (SSSR count). The fraction of sp³-hybridized carbons (Fsp3) is 0. The monoisotopic (exact) mass is 13100 g/mol. The Hall–Kier alpha value is 75.2. The third-order valence-corrected chi connectivity index (χ3v) is 8180. The van der Waals surface area contributed by atoms with Crippen molar-refractivity contribution in [1.29, 1.82) is 0 Å². The minimum absolute atomic E-state index is 0.423. The van der Waals surface area contributed by atoms with Gasteiger partial charge >= 0.3 is 1380 Å². The van der Waals surface area contributed by atoms with Crippen LogP contribution in [0.15, 0.2) is 0 Å². The number of halogens is 103. The van der Waals surface area contributed by atoms with E-state index in [1.165, 1.54) is 0 Å². The predicted octanol–water partition coefficient (Wildman–Crippen LogP) is 87.3. The SMILES string of the molecule is I[I-]I(I)I(I)I(I)I(I)I(I)I(I)I(I)I(I)I(I)I(I)I(I)I(I)I(I)I(I)I(I)I(I)I(I)I(I)I(I)I(I)I(I)I(I)I(I)I(I)I(I)I(I)I(I)I(I)I(I)I(I)I(I)I(I)I(I)I(I)I(I)I(I)I(I)I(I)I(I)I(I)I(I)I(I)I(I)I(I)I(I)I(I)I(I)I(I)I(I)I(I)I. The zero-order chi connectivity index (χ0) is 81.6. The van der Waals surface area contributed by atoms with Gasteiger partial charge in [-0.1, -0.05) is 0 Å². The van der Waals surface area contributed by atoms with Crippen LogP contribution in [0.2, 0.25) is 0 Å². The van der Waals surface area contributed by atoms with E-state index in [1.54, 1.807) is 0 Å². The average Bonchev–Trinajstić information content (AvgIpc) is 0.819. The van der Waals surface area contributed by atoms with E-state index < -0.39 is 395 Å². The summed E-state index contributed by atoms with van der Waals surface area (Å²) < 4.78 is 0. The molecule has 0 saturated heterocycles. The molecule has 0 aromatic heterocycles. The molecule has 0 spiro atoms. The van der Waals surface area contributed by atoms with Gasteiger partial charge in [0, 0.05) is 0 Å². The molecule has 0 fully saturated rings. The quantitative estimate of drug-likeness (QED) is 0.0533. The molecule has 0 amide bonds. The first-order valence-corrected chi connectivity index (χ1v) is 656. The first-order valence-electron chi connectivity index (χ1n) is 14.6. The van der Waals surface area contributed by atoms with Crippen molar-refractivity contribution in [3.05, 3.63) is 0 Å². The van der Waals surface area contributed by atoms with Crippen LogP contribution in [0, 0.1) is 0 Å². The summed E-state index contributed by atoms with van der Waals surface area (Å²) in [6.45, 7) is 0. The Kier molecular flexibility index (Phi) is 186. The molecule has 0 aliphatic carbocycles. The predicted molar refractivity (Wildman–Crippen MR) is 1430 cm³/mol. The standard InChI is InChI=1S/I103/c1-53-55(4)57(6)59(8)61(10)63(12)65(14)67(16)69(18)71(20)73(22)75(24)77(26)79(28)81(30)83(32)85(34)87(36)89(38)91(40)93(42)95(44)97(46)99(48)101(50)103(52)102(51)100(49)98(47)96(45)94(43)92(41)90(39)88(37)86(35)84(33)82(31)80(29)78(27)76(25)74(23)72(21)70(19)68(17)66(15)64(13)62(11)60(9)58(7)56(5)54(2)3/q-1. The van der Waals surface area contributed by atoms with E-state index in [2.05, 4.69) is 968 Å². The molecule has 0 aliphatic rings. The fourth-order valence-corrected chi connectivity index (χ4v) is 20300. The van der Waals surface area contributed by atoms with E-state index in [0.29, 0.717) is 13.3 Å². The van der Waals surface area contributed by atoms with Gasteiger partial charge in [-0.25, -0.2) is 0 Å². The third kappa shape index (κ3) is 72.9. The molecule has 103 heteroatoms. The van der Waals surface area contributed by atoms with Gasteiger partial charge in [0.25, 0.3) is 0 Å². The molecule has 0 nitrogen and oxygen atoms in total. The van der Waals surface area contributed by atoms with Crippen LogP contribution in [0.1, 0.15) is 0 Å². The van der Waals surface area contributed by atoms with Crippen LogP contribution in [0.25, 0.3) is 0 Å². The van der Waals surface area contributed by atoms with Gasteiger partial charge in [0.05, 0.1) is 0 Å². The Morgan fingerprint density at radius 3 is 0.204 bits per heavy atom. The second-order valence-corrected chi connectivity index (χ2v) is 2460. The van der Waals surface area contributed by atoms with Gasteiger partial charge in [-0.05, 0) is 0 Å². The van der Waals surface area contributed by atoms with Gasteiger partial charge in [0.2, 0.25) is 0 Å². The molecule has 0 heterocycles. The number of hydrogen-bond acceptors (Lipinski definition) is 0. The van der Waals surface area contributed by atoms with Crippen LogP contribution in [-0.4, -0.2) is 0 Å². The van der Waals surface area contributed by atoms with Crippen LogP contribution in [-0.2, 0) is 0 Å². The van der Waals surface area contributed by atoms with Crippen molar-refractivity contribution in [3.8, 4) is 0 Å². The maximum absolute atomic E-state index is 3.49. The second kappa shape index (κ2) is 108. The van der Waals surface area contributed by atoms with Crippen molar-refractivity contribution in [3.63, 3.8) is 0 Å². The van der Waals surface area contributed by atoms with E-state index in [0.717, 1.165) is 0 Å². The van der Waals surface area contributed by atoms with Gasteiger partial charge in [-0.3, -0.25) is 0 Å². The van der Waals surface area contributed by atoms with E-state index >= 15 is 0 Å². The van der Waals surface area contributed by atoms with Crippen molar-refractivity contribution in [2.75, 3.05) is 0 Å². The summed E-state index contributed by atoms with van der Waals surface area (Å²) in [4.78, 5) is 0. The summed E-state index contributed by atoms with van der Waals surface area (Å²) in [7, 11) is -30.6. The first kappa shape index (κ1) is 178. The molecular weight excluding hydrogens is 13100 g/mol. The van der Waals surface area contributed by atoms with E-state index in [-0.39, 0.29) is 0 Å². The maximum atomic E-state index is 3.49. The first-order chi connectivity index (χ1) is 46.9. The van der Waals surface area contributed by atoms with Crippen LogP contribution >= 0.6 is 1360 Å². The summed E-state index contributed by atoms with van der Waals surface area (Å²) in [5.74, 6) is 0. The molecule has 0 bridgehead atoms. The molecule has 103 heavy (non-hydrogen) atoms. The van der Waals surface area contributed by atoms with Crippen LogP contribution < -0.4 is 13.3 Å². The fourth-order valence-electron chi connectivity index (χ4n) is 1.50. The minimum atomic E-state index is -0.663. The summed E-state index contributed by atoms with van der Waals surface area (Å²) >= 11 is 177. The van der Waals surface area contributed by atoms with Crippen molar-refractivity contribution in [2.24, 2.45) is 0 Å². The van der Waals surface area contributed by atoms with E-state index in [4.69, 9.17) is 0 Å². The molecule has 0 atom stereocenters. The zero-order valence-corrected chi connectivity index (χ0v) is 261. The third-order valence-electron chi connectivity index (χ3n) is 4.04. The van der Waals surface area contributed by atoms with Crippen molar-refractivity contribution in [2.45, 2.75) is 0 Å². The zero-order valence-electron chi connectivity index (χ0n) is 38.9. The van der Waals surface area contributed by atoms with E-state index in [1.807, 2.05) is 0 Å². The Bertz CT molecular complexity index is 2180. The van der Waals surface area contributed by atoms with Gasteiger partial charge < -0.3 is 0 Å². The second-order valence-electron chi connectivity index (χ2n) is 8.15. The molecule has 0 aromatic carbocycles.